The van der Waals surface area contributed by atoms with E-state index in [1.54, 1.807) is 0 Å². The predicted molar refractivity (Wildman–Crippen MR) is 286 cm³/mol. The van der Waals surface area contributed by atoms with Gasteiger partial charge in [0.15, 0.2) is 0 Å². The molecule has 2 aliphatic rings. The van der Waals surface area contributed by atoms with Crippen molar-refractivity contribution in [2.24, 2.45) is 0 Å². The van der Waals surface area contributed by atoms with Gasteiger partial charge in [0.1, 0.15) is 22.3 Å². The van der Waals surface area contributed by atoms with Crippen molar-refractivity contribution in [2.75, 3.05) is 0 Å². The van der Waals surface area contributed by atoms with Gasteiger partial charge in [-0.15, -0.1) is 0 Å². The molecule has 0 saturated heterocycles. The van der Waals surface area contributed by atoms with Gasteiger partial charge >= 0.3 is 0 Å². The summed E-state index contributed by atoms with van der Waals surface area (Å²) in [6, 6.07) is 85.2. The van der Waals surface area contributed by atoms with Gasteiger partial charge in [0.2, 0.25) is 0 Å². The second-order valence-corrected chi connectivity index (χ2v) is 18.9. The molecule has 0 fully saturated rings. The molecule has 2 heterocycles. The summed E-state index contributed by atoms with van der Waals surface area (Å²) in [5.41, 5.74) is 20.4. The molecular weight excluding hydrogens is 837 g/mol. The van der Waals surface area contributed by atoms with Crippen LogP contribution in [0, 0.1) is 0 Å². The van der Waals surface area contributed by atoms with E-state index in [-0.39, 0.29) is 0 Å². The van der Waals surface area contributed by atoms with Crippen molar-refractivity contribution >= 4 is 76.2 Å². The molecule has 2 nitrogen and oxygen atoms in total. The molecular formula is C67H38O2. The largest absolute Gasteiger partial charge is 0.455 e. The summed E-state index contributed by atoms with van der Waals surface area (Å²) in [5.74, 6) is 0. The lowest BCUT2D eigenvalue weighted by Crippen LogP contribution is -2.26. The van der Waals surface area contributed by atoms with E-state index in [1.807, 2.05) is 0 Å². The molecule has 2 aliphatic carbocycles. The first-order chi connectivity index (χ1) is 34.3. The summed E-state index contributed by atoms with van der Waals surface area (Å²) in [6.45, 7) is 0. The molecule has 0 radical (unpaired) electrons. The van der Waals surface area contributed by atoms with Crippen LogP contribution >= 0.6 is 0 Å². The van der Waals surface area contributed by atoms with Crippen LogP contribution in [0.4, 0.5) is 0 Å². The Morgan fingerprint density at radius 3 is 1.35 bits per heavy atom. The first-order valence-corrected chi connectivity index (χ1v) is 23.9. The van der Waals surface area contributed by atoms with Crippen LogP contribution in [0.2, 0.25) is 0 Å². The maximum atomic E-state index is 6.79. The minimum atomic E-state index is -0.528. The molecule has 0 bridgehead atoms. The van der Waals surface area contributed by atoms with Gasteiger partial charge in [0, 0.05) is 32.7 Å². The lowest BCUT2D eigenvalue weighted by Gasteiger charge is -2.31. The van der Waals surface area contributed by atoms with Gasteiger partial charge in [-0.3, -0.25) is 0 Å². The van der Waals surface area contributed by atoms with Crippen LogP contribution in [-0.2, 0) is 5.41 Å². The van der Waals surface area contributed by atoms with Crippen molar-refractivity contribution < 1.29 is 8.83 Å². The molecule has 0 saturated carbocycles. The topological polar surface area (TPSA) is 26.3 Å². The summed E-state index contributed by atoms with van der Waals surface area (Å²) in [5, 5.41) is 11.7. The summed E-state index contributed by atoms with van der Waals surface area (Å²) in [6.07, 6.45) is 0. The van der Waals surface area contributed by atoms with Crippen LogP contribution in [0.1, 0.15) is 22.3 Å². The summed E-state index contributed by atoms with van der Waals surface area (Å²) in [7, 11) is 0. The molecule has 14 aromatic rings. The first-order valence-electron chi connectivity index (χ1n) is 23.9. The Morgan fingerprint density at radius 1 is 0.246 bits per heavy atom. The van der Waals surface area contributed by atoms with Gasteiger partial charge in [0.25, 0.3) is 0 Å². The Bertz CT molecular complexity index is 4390. The molecule has 2 aromatic heterocycles. The number of hydrogen-bond acceptors (Lipinski definition) is 2. The van der Waals surface area contributed by atoms with Crippen molar-refractivity contribution in [3.05, 3.63) is 253 Å². The van der Waals surface area contributed by atoms with Crippen LogP contribution < -0.4 is 0 Å². The molecule has 12 aromatic carbocycles. The molecule has 69 heavy (non-hydrogen) atoms. The zero-order valence-electron chi connectivity index (χ0n) is 37.3. The Balaban J connectivity index is 1.06. The van der Waals surface area contributed by atoms with Gasteiger partial charge in [-0.2, -0.15) is 0 Å². The van der Waals surface area contributed by atoms with Crippen LogP contribution in [0.25, 0.3) is 132 Å². The molecule has 2 heteroatoms. The van der Waals surface area contributed by atoms with Gasteiger partial charge in [-0.25, -0.2) is 0 Å². The highest BCUT2D eigenvalue weighted by Crippen LogP contribution is 2.65. The molecule has 318 valence electrons. The Morgan fingerprint density at radius 2 is 0.696 bits per heavy atom. The first kappa shape index (κ1) is 37.1. The molecule has 0 aliphatic heterocycles. The Hall–Kier alpha value is -8.98. The van der Waals surface area contributed by atoms with Crippen molar-refractivity contribution in [3.8, 4) is 55.6 Å². The Kier molecular flexibility index (Phi) is 7.30. The summed E-state index contributed by atoms with van der Waals surface area (Å²) < 4.78 is 13.6. The van der Waals surface area contributed by atoms with E-state index in [1.165, 1.54) is 88.0 Å². The van der Waals surface area contributed by atoms with E-state index >= 15 is 0 Å². The lowest BCUT2D eigenvalue weighted by atomic mass is 9.69. The predicted octanol–water partition coefficient (Wildman–Crippen LogP) is 18.3. The van der Waals surface area contributed by atoms with Gasteiger partial charge in [-0.1, -0.05) is 212 Å². The zero-order chi connectivity index (χ0) is 45.0. The fraction of sp³-hybridized carbons (Fsp3) is 0.0149. The molecule has 1 unspecified atom stereocenters. The van der Waals surface area contributed by atoms with Crippen molar-refractivity contribution in [1.82, 2.24) is 0 Å². The highest BCUT2D eigenvalue weighted by molar-refractivity contribution is 6.23. The van der Waals surface area contributed by atoms with Crippen molar-refractivity contribution in [3.63, 3.8) is 0 Å². The van der Waals surface area contributed by atoms with Gasteiger partial charge in [0.05, 0.1) is 5.41 Å². The third kappa shape index (κ3) is 4.75. The highest BCUT2D eigenvalue weighted by Gasteiger charge is 2.53. The molecule has 1 spiro atoms. The minimum absolute atomic E-state index is 0.528. The SMILES string of the molecule is c1ccc2c(c1)-c1ccc3ccccc3c1C21c2ccccc2-c2c(-c3c4cccc(-c5cccc6c5oc5ccccc56)c4cc4c(-c5cccc6c5oc5ccccc56)cccc34)cccc21. The number of benzene rings is 12. The maximum absolute atomic E-state index is 6.79. The third-order valence-electron chi connectivity index (χ3n) is 15.7. The van der Waals surface area contributed by atoms with E-state index in [2.05, 4.69) is 231 Å². The van der Waals surface area contributed by atoms with Crippen LogP contribution in [0.5, 0.6) is 0 Å². The van der Waals surface area contributed by atoms with E-state index in [4.69, 9.17) is 8.83 Å². The van der Waals surface area contributed by atoms with E-state index < -0.39 is 5.41 Å². The third-order valence-corrected chi connectivity index (χ3v) is 15.7. The highest BCUT2D eigenvalue weighted by atomic mass is 16.3. The van der Waals surface area contributed by atoms with Gasteiger partial charge in [-0.05, 0) is 117 Å². The fourth-order valence-electron chi connectivity index (χ4n) is 13.0. The number of para-hydroxylation sites is 4. The van der Waals surface area contributed by atoms with E-state index in [0.29, 0.717) is 0 Å². The maximum Gasteiger partial charge on any atom is 0.143 e. The zero-order valence-corrected chi connectivity index (χ0v) is 37.3. The summed E-state index contributed by atoms with van der Waals surface area (Å²) >= 11 is 0. The molecule has 0 amide bonds. The van der Waals surface area contributed by atoms with Gasteiger partial charge < -0.3 is 8.83 Å². The normalized spacial score (nSPS) is 14.7. The number of furan rings is 2. The van der Waals surface area contributed by atoms with Crippen molar-refractivity contribution in [1.29, 1.82) is 0 Å². The fourth-order valence-corrected chi connectivity index (χ4v) is 13.0. The van der Waals surface area contributed by atoms with E-state index in [0.717, 1.165) is 66.1 Å². The second kappa shape index (κ2) is 13.6. The van der Waals surface area contributed by atoms with Crippen LogP contribution in [0.15, 0.2) is 239 Å². The average Bonchev–Trinajstić information content (AvgIpc) is 4.16. The molecule has 16 rings (SSSR count). The van der Waals surface area contributed by atoms with E-state index in [9.17, 15) is 0 Å². The minimum Gasteiger partial charge on any atom is -0.455 e. The molecule has 0 N–H and O–H groups in total. The smallest absolute Gasteiger partial charge is 0.143 e. The molecule has 1 atom stereocenters. The Labute approximate surface area is 396 Å². The van der Waals surface area contributed by atoms with Crippen molar-refractivity contribution in [2.45, 2.75) is 5.41 Å². The second-order valence-electron chi connectivity index (χ2n) is 18.9. The monoisotopic (exact) mass is 874 g/mol. The number of fused-ring (bicyclic) bond motifs is 20. The average molecular weight is 875 g/mol. The number of rotatable bonds is 3. The lowest BCUT2D eigenvalue weighted by molar-refractivity contribution is 0.669. The van der Waals surface area contributed by atoms with Crippen LogP contribution in [0.3, 0.4) is 0 Å². The summed E-state index contributed by atoms with van der Waals surface area (Å²) in [4.78, 5) is 0. The number of hydrogen-bond donors (Lipinski definition) is 0. The quantitative estimate of drug-likeness (QED) is 0.165. The van der Waals surface area contributed by atoms with Crippen LogP contribution in [-0.4, -0.2) is 0 Å². The standard InChI is InChI=1S/C67H38O2/c1-2-17-40-39(16-1)36-37-48-43-18-3-7-31-57(43)67(64(40)48)58-32-8-4-21-53(58)63-54(30-15-33-59(63)67)62-46-24-11-22-41(49-26-13-28-51-44-19-5-9-34-60(44)68-65(49)51)55(46)38-56-42(23-12-25-47(56)62)50-27-14-29-52-45-20-6-10-35-61(45)69-66(50)52/h1-38H.